The second-order valence-electron chi connectivity index (χ2n) is 5.18. The average molecular weight is 318 g/mol. The molecule has 3 N–H and O–H groups in total. The van der Waals surface area contributed by atoms with Crippen molar-refractivity contribution in [3.63, 3.8) is 0 Å². The third-order valence-corrected chi connectivity index (χ3v) is 5.18. The monoisotopic (exact) mass is 318 g/mol. The van der Waals surface area contributed by atoms with E-state index in [9.17, 15) is 13.2 Å². The molecule has 0 radical (unpaired) electrons. The van der Waals surface area contributed by atoms with Crippen molar-refractivity contribution in [2.45, 2.75) is 30.6 Å². The van der Waals surface area contributed by atoms with E-state index < -0.39 is 9.84 Å². The van der Waals surface area contributed by atoms with Crippen LogP contribution < -0.4 is 11.1 Å². The van der Waals surface area contributed by atoms with Crippen LogP contribution in [0.3, 0.4) is 0 Å². The molecule has 0 aliphatic heterocycles. The topological polar surface area (TPSA) is 89.3 Å². The van der Waals surface area contributed by atoms with Gasteiger partial charge in [0.25, 0.3) is 0 Å². The Morgan fingerprint density at radius 3 is 2.14 bits per heavy atom. The Morgan fingerprint density at radius 1 is 1.00 bits per heavy atom. The molecule has 0 saturated heterocycles. The lowest BCUT2D eigenvalue weighted by molar-refractivity contribution is -0.114. The number of carbonyl (C=O) groups excluding carboxylic acids is 1. The van der Waals surface area contributed by atoms with E-state index in [4.69, 9.17) is 5.73 Å². The van der Waals surface area contributed by atoms with E-state index in [-0.39, 0.29) is 21.4 Å². The van der Waals surface area contributed by atoms with Crippen LogP contribution in [-0.4, -0.2) is 14.3 Å². The van der Waals surface area contributed by atoms with Crippen molar-refractivity contribution in [2.75, 3.05) is 11.1 Å². The van der Waals surface area contributed by atoms with Crippen molar-refractivity contribution in [2.24, 2.45) is 0 Å². The number of hydrogen-bond donors (Lipinski definition) is 2. The molecule has 1 amide bonds. The number of aryl methyl sites for hydroxylation is 2. The molecule has 0 unspecified atom stereocenters. The van der Waals surface area contributed by atoms with Crippen LogP contribution >= 0.6 is 0 Å². The summed E-state index contributed by atoms with van der Waals surface area (Å²) in [7, 11) is -3.64. The lowest BCUT2D eigenvalue weighted by Gasteiger charge is -2.10. The molecule has 0 spiro atoms. The Bertz CT molecular complexity index is 842. The number of rotatable bonds is 3. The minimum Gasteiger partial charge on any atom is -0.397 e. The highest BCUT2D eigenvalue weighted by molar-refractivity contribution is 7.91. The van der Waals surface area contributed by atoms with Crippen LogP contribution in [0.2, 0.25) is 0 Å². The van der Waals surface area contributed by atoms with E-state index in [1.54, 1.807) is 18.2 Å². The summed E-state index contributed by atoms with van der Waals surface area (Å²) in [4.78, 5) is 11.4. The maximum Gasteiger partial charge on any atom is 0.221 e. The summed E-state index contributed by atoms with van der Waals surface area (Å²) >= 11 is 0. The first-order chi connectivity index (χ1) is 10.2. The maximum atomic E-state index is 12.6. The van der Waals surface area contributed by atoms with Crippen molar-refractivity contribution in [1.82, 2.24) is 0 Å². The summed E-state index contributed by atoms with van der Waals surface area (Å²) in [5.74, 6) is -0.267. The van der Waals surface area contributed by atoms with Crippen molar-refractivity contribution >= 4 is 27.1 Å². The third kappa shape index (κ3) is 3.12. The predicted molar refractivity (Wildman–Crippen MR) is 86.5 cm³/mol. The highest BCUT2D eigenvalue weighted by Gasteiger charge is 2.19. The summed E-state index contributed by atoms with van der Waals surface area (Å²) in [6.45, 7) is 5.15. The second-order valence-corrected chi connectivity index (χ2v) is 7.13. The lowest BCUT2D eigenvalue weighted by Crippen LogP contribution is -2.09. The molecule has 0 aromatic heterocycles. The fourth-order valence-corrected chi connectivity index (χ4v) is 3.41. The Hall–Kier alpha value is -2.34. The molecule has 2 rings (SSSR count). The molecular formula is C16H18N2O3S. The van der Waals surface area contributed by atoms with Gasteiger partial charge in [0.2, 0.25) is 15.7 Å². The van der Waals surface area contributed by atoms with Crippen LogP contribution in [0.4, 0.5) is 11.4 Å². The van der Waals surface area contributed by atoms with E-state index >= 15 is 0 Å². The van der Waals surface area contributed by atoms with Crippen molar-refractivity contribution in [3.05, 3.63) is 47.5 Å². The zero-order valence-corrected chi connectivity index (χ0v) is 13.5. The number of nitrogen functional groups attached to an aromatic ring is 1. The SMILES string of the molecule is CC(=O)Nc1ccc(S(=O)(=O)c2ccc(C)c(C)c2)cc1N. The largest absolute Gasteiger partial charge is 0.397 e. The Labute approximate surface area is 130 Å². The molecule has 0 fully saturated rings. The predicted octanol–water partition coefficient (Wildman–Crippen LogP) is 2.68. The quantitative estimate of drug-likeness (QED) is 0.851. The molecule has 0 atom stereocenters. The molecule has 0 bridgehead atoms. The fraction of sp³-hybridized carbons (Fsp3) is 0.188. The van der Waals surface area contributed by atoms with Gasteiger partial charge in [0.1, 0.15) is 0 Å². The van der Waals surface area contributed by atoms with E-state index in [0.29, 0.717) is 5.69 Å². The lowest BCUT2D eigenvalue weighted by atomic mass is 10.1. The molecule has 0 aliphatic carbocycles. The molecule has 116 valence electrons. The molecule has 0 saturated carbocycles. The third-order valence-electron chi connectivity index (χ3n) is 3.43. The summed E-state index contributed by atoms with van der Waals surface area (Å²) < 4.78 is 25.3. The molecule has 0 aliphatic rings. The molecule has 5 nitrogen and oxygen atoms in total. The van der Waals surface area contributed by atoms with Gasteiger partial charge in [0.05, 0.1) is 21.2 Å². The van der Waals surface area contributed by atoms with Gasteiger partial charge in [-0.25, -0.2) is 8.42 Å². The molecule has 0 heterocycles. The van der Waals surface area contributed by atoms with Crippen LogP contribution in [0.1, 0.15) is 18.1 Å². The maximum absolute atomic E-state index is 12.6. The van der Waals surface area contributed by atoms with E-state index in [0.717, 1.165) is 11.1 Å². The summed E-state index contributed by atoms with van der Waals surface area (Å²) in [5.41, 5.74) is 8.36. The normalized spacial score (nSPS) is 11.2. The standard InChI is InChI=1S/C16H18N2O3S/c1-10-4-5-13(8-11(10)2)22(20,21)14-6-7-16(15(17)9-14)18-12(3)19/h4-9H,17H2,1-3H3,(H,18,19). The van der Waals surface area contributed by atoms with Gasteiger partial charge in [-0.05, 0) is 55.3 Å². The highest BCUT2D eigenvalue weighted by atomic mass is 32.2. The number of carbonyl (C=O) groups is 1. The van der Waals surface area contributed by atoms with Crippen molar-refractivity contribution < 1.29 is 13.2 Å². The number of nitrogens with one attached hydrogen (secondary N) is 1. The van der Waals surface area contributed by atoms with Crippen molar-refractivity contribution in [3.8, 4) is 0 Å². The Kier molecular flexibility index (Phi) is 4.23. The smallest absolute Gasteiger partial charge is 0.221 e. The van der Waals surface area contributed by atoms with Gasteiger partial charge in [-0.3, -0.25) is 4.79 Å². The van der Waals surface area contributed by atoms with Gasteiger partial charge in [-0.1, -0.05) is 6.07 Å². The molecule has 6 heteroatoms. The Morgan fingerprint density at radius 2 is 1.59 bits per heavy atom. The average Bonchev–Trinajstić information content (AvgIpc) is 2.43. The summed E-state index contributed by atoms with van der Waals surface area (Å²) in [5, 5.41) is 2.55. The zero-order chi connectivity index (χ0) is 16.5. The van der Waals surface area contributed by atoms with Crippen LogP contribution in [0.15, 0.2) is 46.2 Å². The minimum absolute atomic E-state index is 0.0994. The van der Waals surface area contributed by atoms with Gasteiger partial charge >= 0.3 is 0 Å². The fourth-order valence-electron chi connectivity index (χ4n) is 2.03. The van der Waals surface area contributed by atoms with Gasteiger partial charge in [-0.2, -0.15) is 0 Å². The first-order valence-corrected chi connectivity index (χ1v) is 8.19. The van der Waals surface area contributed by atoms with Crippen LogP contribution in [-0.2, 0) is 14.6 Å². The molecule has 2 aromatic rings. The van der Waals surface area contributed by atoms with E-state index in [1.807, 2.05) is 13.8 Å². The Balaban J connectivity index is 2.47. The van der Waals surface area contributed by atoms with Crippen LogP contribution in [0.25, 0.3) is 0 Å². The second kappa shape index (κ2) is 5.81. The summed E-state index contributed by atoms with van der Waals surface area (Å²) in [6.07, 6.45) is 0. The van der Waals surface area contributed by atoms with Crippen molar-refractivity contribution in [1.29, 1.82) is 0 Å². The van der Waals surface area contributed by atoms with Gasteiger partial charge in [0, 0.05) is 6.92 Å². The molecule has 2 aromatic carbocycles. The highest BCUT2D eigenvalue weighted by Crippen LogP contribution is 2.27. The number of hydrogen-bond acceptors (Lipinski definition) is 4. The molecule has 22 heavy (non-hydrogen) atoms. The number of amides is 1. The van der Waals surface area contributed by atoms with Gasteiger partial charge in [-0.15, -0.1) is 0 Å². The molecular weight excluding hydrogens is 300 g/mol. The van der Waals surface area contributed by atoms with Crippen LogP contribution in [0, 0.1) is 13.8 Å². The van der Waals surface area contributed by atoms with E-state index in [1.165, 1.54) is 25.1 Å². The number of nitrogens with two attached hydrogens (primary N) is 1. The first kappa shape index (κ1) is 16.0. The zero-order valence-electron chi connectivity index (χ0n) is 12.7. The van der Waals surface area contributed by atoms with Gasteiger partial charge < -0.3 is 11.1 Å². The first-order valence-electron chi connectivity index (χ1n) is 6.71. The summed E-state index contributed by atoms with van der Waals surface area (Å²) in [6, 6.07) is 9.28. The number of benzene rings is 2. The minimum atomic E-state index is -3.64. The number of sulfone groups is 1. The van der Waals surface area contributed by atoms with E-state index in [2.05, 4.69) is 5.32 Å². The number of anilines is 2. The van der Waals surface area contributed by atoms with Crippen LogP contribution in [0.5, 0.6) is 0 Å². The van der Waals surface area contributed by atoms with Gasteiger partial charge in [0.15, 0.2) is 0 Å².